The zero-order valence-corrected chi connectivity index (χ0v) is 12.0. The quantitative estimate of drug-likeness (QED) is 0.798. The molecule has 2 rings (SSSR count). The molecule has 1 N–H and O–H groups in total. The first kappa shape index (κ1) is 15.0. The van der Waals surface area contributed by atoms with Crippen molar-refractivity contribution >= 4 is 17.7 Å². The Morgan fingerprint density at radius 2 is 1.70 bits per heavy atom. The van der Waals surface area contributed by atoms with E-state index in [0.717, 1.165) is 25.7 Å². The SMILES string of the molecule is CC(C(=O)C(=O)N1CCC[C@H]1C(=O)O)C1CCCCC1. The lowest BCUT2D eigenvalue weighted by atomic mass is 9.79. The van der Waals surface area contributed by atoms with Crippen molar-refractivity contribution in [2.75, 3.05) is 6.54 Å². The highest BCUT2D eigenvalue weighted by molar-refractivity contribution is 6.37. The number of carbonyl (C=O) groups is 3. The number of ketones is 1. The smallest absolute Gasteiger partial charge is 0.326 e. The van der Waals surface area contributed by atoms with Gasteiger partial charge >= 0.3 is 5.97 Å². The summed E-state index contributed by atoms with van der Waals surface area (Å²) in [6.07, 6.45) is 6.57. The van der Waals surface area contributed by atoms with Crippen LogP contribution in [0.3, 0.4) is 0 Å². The summed E-state index contributed by atoms with van der Waals surface area (Å²) in [7, 11) is 0. The molecule has 1 saturated heterocycles. The molecule has 1 saturated carbocycles. The van der Waals surface area contributed by atoms with E-state index in [1.54, 1.807) is 0 Å². The topological polar surface area (TPSA) is 74.7 Å². The Morgan fingerprint density at radius 3 is 2.30 bits per heavy atom. The number of Topliss-reactive ketones (excluding diaryl/α,β-unsaturated/α-hetero) is 1. The van der Waals surface area contributed by atoms with Gasteiger partial charge in [-0.05, 0) is 31.6 Å². The average molecular weight is 281 g/mol. The van der Waals surface area contributed by atoms with Gasteiger partial charge in [-0.2, -0.15) is 0 Å². The Morgan fingerprint density at radius 1 is 1.05 bits per heavy atom. The minimum absolute atomic E-state index is 0.280. The predicted octanol–water partition coefficient (Wildman–Crippen LogP) is 1.85. The minimum Gasteiger partial charge on any atom is -0.480 e. The number of hydrogen-bond acceptors (Lipinski definition) is 3. The Bertz CT molecular complexity index is 401. The Kier molecular flexibility index (Phi) is 4.78. The van der Waals surface area contributed by atoms with Crippen molar-refractivity contribution in [3.63, 3.8) is 0 Å². The Balaban J connectivity index is 2.00. The van der Waals surface area contributed by atoms with E-state index in [1.165, 1.54) is 11.3 Å². The number of carboxylic acids is 1. The lowest BCUT2D eigenvalue weighted by Gasteiger charge is -2.28. The van der Waals surface area contributed by atoms with Gasteiger partial charge in [0.15, 0.2) is 0 Å². The molecule has 2 atom stereocenters. The molecule has 5 heteroatoms. The van der Waals surface area contributed by atoms with Crippen LogP contribution >= 0.6 is 0 Å². The molecule has 5 nitrogen and oxygen atoms in total. The first-order chi connectivity index (χ1) is 9.52. The highest BCUT2D eigenvalue weighted by Gasteiger charge is 2.39. The monoisotopic (exact) mass is 281 g/mol. The largest absolute Gasteiger partial charge is 0.480 e. The molecule has 1 aliphatic heterocycles. The van der Waals surface area contributed by atoms with Crippen LogP contribution in [-0.2, 0) is 14.4 Å². The van der Waals surface area contributed by atoms with Crippen LogP contribution in [0.15, 0.2) is 0 Å². The fourth-order valence-electron chi connectivity index (χ4n) is 3.45. The summed E-state index contributed by atoms with van der Waals surface area (Å²) in [4.78, 5) is 36.9. The third-order valence-electron chi connectivity index (χ3n) is 4.78. The molecular weight excluding hydrogens is 258 g/mol. The van der Waals surface area contributed by atoms with E-state index < -0.39 is 23.7 Å². The van der Waals surface area contributed by atoms with Gasteiger partial charge in [0.05, 0.1) is 0 Å². The third-order valence-corrected chi connectivity index (χ3v) is 4.78. The van der Waals surface area contributed by atoms with Crippen LogP contribution in [0.2, 0.25) is 0 Å². The van der Waals surface area contributed by atoms with E-state index >= 15 is 0 Å². The zero-order valence-electron chi connectivity index (χ0n) is 12.0. The molecule has 1 unspecified atom stereocenters. The van der Waals surface area contributed by atoms with Crippen molar-refractivity contribution in [1.29, 1.82) is 0 Å². The molecule has 0 aromatic rings. The van der Waals surface area contributed by atoms with Gasteiger partial charge in [-0.25, -0.2) is 4.79 Å². The van der Waals surface area contributed by atoms with Crippen molar-refractivity contribution in [3.8, 4) is 0 Å². The fourth-order valence-corrected chi connectivity index (χ4v) is 3.45. The second-order valence-corrected chi connectivity index (χ2v) is 6.05. The van der Waals surface area contributed by atoms with Crippen LogP contribution in [0.5, 0.6) is 0 Å². The molecule has 0 aromatic heterocycles. The maximum atomic E-state index is 12.3. The molecule has 0 aromatic carbocycles. The molecule has 0 radical (unpaired) electrons. The second-order valence-electron chi connectivity index (χ2n) is 6.05. The first-order valence-corrected chi connectivity index (χ1v) is 7.60. The van der Waals surface area contributed by atoms with Crippen molar-refractivity contribution in [3.05, 3.63) is 0 Å². The normalized spacial score (nSPS) is 25.4. The third kappa shape index (κ3) is 3.02. The van der Waals surface area contributed by atoms with Gasteiger partial charge in [-0.1, -0.05) is 26.2 Å². The first-order valence-electron chi connectivity index (χ1n) is 7.60. The second kappa shape index (κ2) is 6.37. The lowest BCUT2D eigenvalue weighted by Crippen LogP contribution is -2.46. The summed E-state index contributed by atoms with van der Waals surface area (Å²) < 4.78 is 0. The highest BCUT2D eigenvalue weighted by atomic mass is 16.4. The summed E-state index contributed by atoms with van der Waals surface area (Å²) >= 11 is 0. The van der Waals surface area contributed by atoms with Crippen molar-refractivity contribution in [2.24, 2.45) is 11.8 Å². The van der Waals surface area contributed by atoms with Crippen LogP contribution in [0.25, 0.3) is 0 Å². The lowest BCUT2D eigenvalue weighted by molar-refractivity contribution is -0.153. The molecule has 2 fully saturated rings. The van der Waals surface area contributed by atoms with Gasteiger partial charge in [-0.3, -0.25) is 9.59 Å². The summed E-state index contributed by atoms with van der Waals surface area (Å²) in [5, 5.41) is 9.10. The van der Waals surface area contributed by atoms with Crippen LogP contribution in [0, 0.1) is 11.8 Å². The predicted molar refractivity (Wildman–Crippen MR) is 73.1 cm³/mol. The molecule has 1 amide bonds. The number of carbonyl (C=O) groups excluding carboxylic acids is 2. The number of amides is 1. The molecule has 0 spiro atoms. The van der Waals surface area contributed by atoms with E-state index in [0.29, 0.717) is 19.4 Å². The van der Waals surface area contributed by atoms with Gasteiger partial charge in [-0.15, -0.1) is 0 Å². The maximum absolute atomic E-state index is 12.3. The van der Waals surface area contributed by atoms with Gasteiger partial charge in [0.25, 0.3) is 5.91 Å². The Hall–Kier alpha value is -1.39. The van der Waals surface area contributed by atoms with Crippen LogP contribution in [-0.4, -0.2) is 40.3 Å². The van der Waals surface area contributed by atoms with Crippen molar-refractivity contribution in [1.82, 2.24) is 4.90 Å². The van der Waals surface area contributed by atoms with Gasteiger partial charge in [0.2, 0.25) is 5.78 Å². The van der Waals surface area contributed by atoms with E-state index in [4.69, 9.17) is 5.11 Å². The van der Waals surface area contributed by atoms with Crippen molar-refractivity contribution < 1.29 is 19.5 Å². The zero-order chi connectivity index (χ0) is 14.7. The molecule has 1 aliphatic carbocycles. The van der Waals surface area contributed by atoms with E-state index in [-0.39, 0.29) is 11.8 Å². The van der Waals surface area contributed by atoms with E-state index in [1.807, 2.05) is 6.92 Å². The number of likely N-dealkylation sites (tertiary alicyclic amines) is 1. The van der Waals surface area contributed by atoms with E-state index in [9.17, 15) is 14.4 Å². The summed E-state index contributed by atoms with van der Waals surface area (Å²) in [5.74, 6) is -1.99. The number of hydrogen-bond donors (Lipinski definition) is 1. The Labute approximate surface area is 119 Å². The fraction of sp³-hybridized carbons (Fsp3) is 0.800. The van der Waals surface area contributed by atoms with E-state index in [2.05, 4.69) is 0 Å². The molecular formula is C15H23NO4. The van der Waals surface area contributed by atoms with Crippen LogP contribution in [0.4, 0.5) is 0 Å². The van der Waals surface area contributed by atoms with Crippen LogP contribution < -0.4 is 0 Å². The molecule has 0 bridgehead atoms. The molecule has 1 heterocycles. The van der Waals surface area contributed by atoms with Crippen molar-refractivity contribution in [2.45, 2.75) is 57.9 Å². The van der Waals surface area contributed by atoms with Gasteiger partial charge in [0.1, 0.15) is 6.04 Å². The molecule has 2 aliphatic rings. The van der Waals surface area contributed by atoms with Crippen LogP contribution in [0.1, 0.15) is 51.9 Å². The number of nitrogens with zero attached hydrogens (tertiary/aromatic N) is 1. The highest BCUT2D eigenvalue weighted by Crippen LogP contribution is 2.31. The number of rotatable bonds is 4. The average Bonchev–Trinajstić information content (AvgIpc) is 2.95. The molecule has 20 heavy (non-hydrogen) atoms. The molecule has 112 valence electrons. The summed E-state index contributed by atoms with van der Waals surface area (Å²) in [5.41, 5.74) is 0. The number of carboxylic acid groups (broad SMARTS) is 1. The maximum Gasteiger partial charge on any atom is 0.326 e. The summed E-state index contributed by atoms with van der Waals surface area (Å²) in [6, 6.07) is -0.815. The standard InChI is InChI=1S/C15H23NO4/c1-10(11-6-3-2-4-7-11)13(17)14(18)16-9-5-8-12(16)15(19)20/h10-12H,2-9H2,1H3,(H,19,20)/t10?,12-/m0/s1. The summed E-state index contributed by atoms with van der Waals surface area (Å²) in [6.45, 7) is 2.21. The number of aliphatic carboxylic acids is 1. The van der Waals surface area contributed by atoms with Gasteiger partial charge in [0, 0.05) is 12.5 Å². The minimum atomic E-state index is -1.01. The van der Waals surface area contributed by atoms with Gasteiger partial charge < -0.3 is 10.0 Å².